The summed E-state index contributed by atoms with van der Waals surface area (Å²) in [5.74, 6) is 0.165. The number of fused-ring (bicyclic) bond motifs is 4. The number of carbonyl (C=O) groups is 4. The van der Waals surface area contributed by atoms with E-state index in [1.54, 1.807) is 48.5 Å². The Morgan fingerprint density at radius 2 is 0.947 bits per heavy atom. The van der Waals surface area contributed by atoms with Crippen molar-refractivity contribution in [3.63, 3.8) is 0 Å². The van der Waals surface area contributed by atoms with E-state index in [2.05, 4.69) is 25.1 Å². The number of nitrogen functional groups attached to an aromatic ring is 1. The predicted octanol–water partition coefficient (Wildman–Crippen LogP) is 7.66. The number of aromatic nitrogens is 4. The van der Waals surface area contributed by atoms with Gasteiger partial charge in [-0.25, -0.2) is 14.5 Å². The topological polar surface area (TPSA) is 183 Å². The lowest BCUT2D eigenvalue weighted by Crippen LogP contribution is -2.29. The molecule has 8 aromatic rings. The van der Waals surface area contributed by atoms with Gasteiger partial charge in [0.05, 0.1) is 44.1 Å². The van der Waals surface area contributed by atoms with Crippen LogP contribution in [0.25, 0.3) is 21.8 Å². The number of nitrogens with zero attached hydrogens (tertiary/aromatic N) is 3. The van der Waals surface area contributed by atoms with Crippen molar-refractivity contribution in [2.45, 2.75) is 13.2 Å². The zero-order valence-corrected chi connectivity index (χ0v) is 30.0. The summed E-state index contributed by atoms with van der Waals surface area (Å²) in [7, 11) is 0. The molecule has 2 amide bonds. The molecule has 0 saturated carbocycles. The number of anilines is 2. The zero-order valence-electron chi connectivity index (χ0n) is 30.0. The van der Waals surface area contributed by atoms with E-state index in [4.69, 9.17) is 15.2 Å². The van der Waals surface area contributed by atoms with Crippen molar-refractivity contribution in [1.29, 1.82) is 0 Å². The van der Waals surface area contributed by atoms with Gasteiger partial charge in [0.1, 0.15) is 24.7 Å². The quantitative estimate of drug-likeness (QED) is 0.0829. The van der Waals surface area contributed by atoms with Gasteiger partial charge in [0, 0.05) is 0 Å². The number of carbonyl (C=O) groups excluding carboxylic acids is 4. The van der Waals surface area contributed by atoms with Crippen LogP contribution in [0.4, 0.5) is 11.6 Å². The molecule has 2 aromatic heterocycles. The first-order valence-corrected chi connectivity index (χ1v) is 17.7. The first-order chi connectivity index (χ1) is 27.9. The molecule has 0 unspecified atom stereocenters. The highest BCUT2D eigenvalue weighted by Crippen LogP contribution is 2.37. The Morgan fingerprint density at radius 3 is 1.47 bits per heavy atom. The van der Waals surface area contributed by atoms with E-state index in [9.17, 15) is 19.2 Å². The van der Waals surface area contributed by atoms with E-state index < -0.39 is 11.9 Å². The smallest absolute Gasteiger partial charge is 0.346 e. The third-order valence-electron chi connectivity index (χ3n) is 9.14. The molecule has 2 aliphatic heterocycles. The normalized spacial score (nSPS) is 12.7. The summed E-state index contributed by atoms with van der Waals surface area (Å²) in [6.07, 6.45) is 0. The Labute approximate surface area is 324 Å². The van der Waals surface area contributed by atoms with Gasteiger partial charge >= 0.3 is 11.9 Å². The van der Waals surface area contributed by atoms with E-state index in [0.717, 1.165) is 32.7 Å². The summed E-state index contributed by atoms with van der Waals surface area (Å²) in [6, 6.07) is 44.3. The SMILES string of the molecule is Nc1n[nH]c2cccc(OCc3ccccc3)c12.O=C1OC(=O)c2ccccc21.O=C1c2ccccc2C(=O)N1c1n[nH]c2cccc(OCc3ccccc3)c12. The molecular weight excluding hydrogens is 725 g/mol. The van der Waals surface area contributed by atoms with Crippen LogP contribution in [0.2, 0.25) is 0 Å². The van der Waals surface area contributed by atoms with E-state index >= 15 is 0 Å². The number of nitrogens with two attached hydrogens (primary N) is 1. The second-order valence-corrected chi connectivity index (χ2v) is 12.8. The van der Waals surface area contributed by atoms with Crippen LogP contribution in [0.3, 0.4) is 0 Å². The van der Waals surface area contributed by atoms with Gasteiger partial charge in [-0.2, -0.15) is 10.2 Å². The van der Waals surface area contributed by atoms with Gasteiger partial charge < -0.3 is 19.9 Å². The van der Waals surface area contributed by atoms with E-state index in [1.165, 1.54) is 0 Å². The van der Waals surface area contributed by atoms with Crippen molar-refractivity contribution in [1.82, 2.24) is 20.4 Å². The Morgan fingerprint density at radius 1 is 0.509 bits per heavy atom. The molecule has 4 heterocycles. The predicted molar refractivity (Wildman–Crippen MR) is 212 cm³/mol. The maximum absolute atomic E-state index is 12.9. The van der Waals surface area contributed by atoms with E-state index in [-0.39, 0.29) is 17.6 Å². The van der Waals surface area contributed by atoms with Gasteiger partial charge in [-0.05, 0) is 59.7 Å². The molecule has 0 aliphatic carbocycles. The lowest BCUT2D eigenvalue weighted by Gasteiger charge is -2.13. The molecular formula is C44H32N6O7. The highest BCUT2D eigenvalue weighted by atomic mass is 16.6. The van der Waals surface area contributed by atoms with Crippen molar-refractivity contribution < 1.29 is 33.4 Å². The lowest BCUT2D eigenvalue weighted by atomic mass is 10.1. The van der Waals surface area contributed by atoms with Crippen molar-refractivity contribution in [2.75, 3.05) is 10.6 Å². The van der Waals surface area contributed by atoms with Crippen LogP contribution in [0, 0.1) is 0 Å². The second-order valence-electron chi connectivity index (χ2n) is 12.8. The molecule has 0 radical (unpaired) electrons. The van der Waals surface area contributed by atoms with Gasteiger partial charge in [-0.1, -0.05) is 97.1 Å². The minimum absolute atomic E-state index is 0.255. The molecule has 280 valence electrons. The standard InChI is InChI=1S/C22H15N3O3.C14H13N3O.C8H4O3/c26-21-15-9-4-5-10-16(15)22(27)25(21)20-19-17(23-24-20)11-6-12-18(19)28-13-14-7-2-1-3-8-14;15-14-13-11(16-17-14)7-4-8-12(13)18-9-10-5-2-1-3-6-10;9-7-5-3-1-2-4-6(5)8(10)11-7/h1-12H,13H2,(H,23,24);1-8H,9H2,(H3,15,16,17);1-4H. The third-order valence-corrected chi connectivity index (χ3v) is 9.14. The Bertz CT molecular complexity index is 2710. The number of aromatic amines is 2. The van der Waals surface area contributed by atoms with Gasteiger partial charge in [0.2, 0.25) is 0 Å². The summed E-state index contributed by atoms with van der Waals surface area (Å²) in [5.41, 5.74) is 11.0. The maximum atomic E-state index is 12.9. The number of cyclic esters (lactones) is 2. The molecule has 0 saturated heterocycles. The molecule has 10 rings (SSSR count). The highest BCUT2D eigenvalue weighted by molar-refractivity contribution is 6.35. The summed E-state index contributed by atoms with van der Waals surface area (Å²) in [5, 5.41) is 15.5. The largest absolute Gasteiger partial charge is 0.488 e. The number of rotatable bonds is 7. The molecule has 0 fully saturated rings. The van der Waals surface area contributed by atoms with Crippen LogP contribution in [0.1, 0.15) is 52.6 Å². The third kappa shape index (κ3) is 7.27. The zero-order chi connectivity index (χ0) is 39.3. The first kappa shape index (κ1) is 35.9. The van der Waals surface area contributed by atoms with Crippen molar-refractivity contribution in [2.24, 2.45) is 0 Å². The number of hydrogen-bond donors (Lipinski definition) is 3. The fourth-order valence-electron chi connectivity index (χ4n) is 6.38. The number of imide groups is 1. The van der Waals surface area contributed by atoms with Crippen LogP contribution in [0.15, 0.2) is 146 Å². The fraction of sp³-hybridized carbons (Fsp3) is 0.0455. The second kappa shape index (κ2) is 15.7. The molecule has 0 bridgehead atoms. The minimum atomic E-state index is -0.550. The number of hydrogen-bond acceptors (Lipinski definition) is 10. The Balaban J connectivity index is 0.000000133. The summed E-state index contributed by atoms with van der Waals surface area (Å²) >= 11 is 0. The molecule has 4 N–H and O–H groups in total. The van der Waals surface area contributed by atoms with Crippen LogP contribution in [-0.4, -0.2) is 44.1 Å². The summed E-state index contributed by atoms with van der Waals surface area (Å²) in [6.45, 7) is 0.886. The van der Waals surface area contributed by atoms with Gasteiger partial charge in [0.25, 0.3) is 11.8 Å². The fourth-order valence-corrected chi connectivity index (χ4v) is 6.38. The van der Waals surface area contributed by atoms with E-state index in [0.29, 0.717) is 57.9 Å². The number of esters is 2. The molecule has 57 heavy (non-hydrogen) atoms. The van der Waals surface area contributed by atoms with Crippen molar-refractivity contribution >= 4 is 57.2 Å². The van der Waals surface area contributed by atoms with Crippen LogP contribution < -0.4 is 20.1 Å². The number of benzene rings is 6. The number of H-pyrrole nitrogens is 2. The molecule has 13 nitrogen and oxygen atoms in total. The van der Waals surface area contributed by atoms with Crippen molar-refractivity contribution in [3.05, 3.63) is 179 Å². The monoisotopic (exact) mass is 756 g/mol. The van der Waals surface area contributed by atoms with Crippen molar-refractivity contribution in [3.8, 4) is 11.5 Å². The van der Waals surface area contributed by atoms with Crippen LogP contribution >= 0.6 is 0 Å². The average molecular weight is 757 g/mol. The maximum Gasteiger partial charge on any atom is 0.346 e. The lowest BCUT2D eigenvalue weighted by molar-refractivity contribution is 0.0443. The van der Waals surface area contributed by atoms with Gasteiger partial charge in [-0.3, -0.25) is 19.8 Å². The van der Waals surface area contributed by atoms with Gasteiger partial charge in [0.15, 0.2) is 11.6 Å². The highest BCUT2D eigenvalue weighted by Gasteiger charge is 2.39. The minimum Gasteiger partial charge on any atom is -0.488 e. The van der Waals surface area contributed by atoms with Gasteiger partial charge in [-0.15, -0.1) is 0 Å². The molecule has 0 atom stereocenters. The molecule has 2 aliphatic rings. The summed E-state index contributed by atoms with van der Waals surface area (Å²) < 4.78 is 16.2. The average Bonchev–Trinajstić information content (AvgIpc) is 4.00. The molecule has 0 spiro atoms. The summed E-state index contributed by atoms with van der Waals surface area (Å²) in [4.78, 5) is 48.5. The number of amides is 2. The Hall–Kier alpha value is -8.06. The number of ether oxygens (including phenoxy) is 3. The number of nitrogens with one attached hydrogen (secondary N) is 2. The van der Waals surface area contributed by atoms with E-state index in [1.807, 2.05) is 97.1 Å². The Kier molecular flexibility index (Phi) is 9.92. The molecule has 6 aromatic carbocycles. The molecule has 13 heteroatoms. The first-order valence-electron chi connectivity index (χ1n) is 17.7. The van der Waals surface area contributed by atoms with Crippen LogP contribution in [-0.2, 0) is 18.0 Å². The van der Waals surface area contributed by atoms with Crippen LogP contribution in [0.5, 0.6) is 11.5 Å².